The quantitative estimate of drug-likeness (QED) is 0.263. The summed E-state index contributed by atoms with van der Waals surface area (Å²) in [5.41, 5.74) is 4.17. The van der Waals surface area contributed by atoms with Gasteiger partial charge in [-0.3, -0.25) is 15.6 Å². The molecule has 2 aliphatic heterocycles. The standard InChI is InChI=1S/C21H23ClFN7O2/c22-16-8-12(3-4-17(16)23)25-19(29-31)15-5-6-24-20-18(15)27-21(28-20)26-13-2-1-7-30(9-13)14-10-32-11-14/h3-6,8,13-14,31H,1-2,7,9-11H2,(H,25,29)(H2,24,26,27,28). The predicted octanol–water partition coefficient (Wildman–Crippen LogP) is 3.08. The maximum atomic E-state index is 13.5. The van der Waals surface area contributed by atoms with Crippen molar-refractivity contribution in [1.82, 2.24) is 25.3 Å². The molecule has 2 saturated heterocycles. The van der Waals surface area contributed by atoms with Gasteiger partial charge in [-0.25, -0.2) is 14.4 Å². The first kappa shape index (κ1) is 21.1. The van der Waals surface area contributed by atoms with Gasteiger partial charge in [0.1, 0.15) is 5.82 Å². The number of imidazole rings is 1. The van der Waals surface area contributed by atoms with Crippen molar-refractivity contribution in [2.75, 3.05) is 31.6 Å². The van der Waals surface area contributed by atoms with Gasteiger partial charge in [0.05, 0.1) is 35.5 Å². The first-order valence-electron chi connectivity index (χ1n) is 10.5. The molecule has 4 heterocycles. The number of amidine groups is 1. The van der Waals surface area contributed by atoms with E-state index in [0.29, 0.717) is 34.4 Å². The number of aromatic amines is 1. The third-order valence-corrected chi connectivity index (χ3v) is 6.12. The highest BCUT2D eigenvalue weighted by Crippen LogP contribution is 2.25. The molecule has 11 heteroatoms. The van der Waals surface area contributed by atoms with Crippen molar-refractivity contribution >= 4 is 40.2 Å². The van der Waals surface area contributed by atoms with E-state index in [4.69, 9.17) is 16.3 Å². The summed E-state index contributed by atoms with van der Waals surface area (Å²) < 4.78 is 18.8. The summed E-state index contributed by atoms with van der Waals surface area (Å²) in [7, 11) is 0. The number of pyridine rings is 1. The molecule has 5 rings (SSSR count). The number of nitrogens with zero attached hydrogens (tertiary/aromatic N) is 4. The van der Waals surface area contributed by atoms with Crippen LogP contribution < -0.4 is 10.8 Å². The van der Waals surface area contributed by atoms with Gasteiger partial charge in [0, 0.05) is 24.3 Å². The molecule has 2 aliphatic rings. The Kier molecular flexibility index (Phi) is 5.92. The van der Waals surface area contributed by atoms with E-state index < -0.39 is 5.82 Å². The highest BCUT2D eigenvalue weighted by atomic mass is 35.5. The number of H-pyrrole nitrogens is 1. The van der Waals surface area contributed by atoms with Crippen LogP contribution in [-0.2, 0) is 4.74 Å². The van der Waals surface area contributed by atoms with E-state index in [-0.39, 0.29) is 16.9 Å². The number of rotatable bonds is 5. The van der Waals surface area contributed by atoms with Crippen LogP contribution in [0.25, 0.3) is 11.2 Å². The molecular formula is C21H23ClFN7O2. The molecule has 0 aliphatic carbocycles. The maximum Gasteiger partial charge on any atom is 0.202 e. The van der Waals surface area contributed by atoms with E-state index >= 15 is 0 Å². The van der Waals surface area contributed by atoms with Crippen LogP contribution in [0.3, 0.4) is 0 Å². The largest absolute Gasteiger partial charge is 0.378 e. The second kappa shape index (κ2) is 8.99. The third kappa shape index (κ3) is 4.26. The highest BCUT2D eigenvalue weighted by molar-refractivity contribution is 6.31. The molecule has 0 radical (unpaired) electrons. The van der Waals surface area contributed by atoms with Gasteiger partial charge in [-0.15, -0.1) is 0 Å². The number of benzene rings is 1. The number of piperidine rings is 1. The van der Waals surface area contributed by atoms with Gasteiger partial charge in [-0.1, -0.05) is 11.6 Å². The summed E-state index contributed by atoms with van der Waals surface area (Å²) in [6, 6.07) is 6.56. The molecule has 0 bridgehead atoms. The summed E-state index contributed by atoms with van der Waals surface area (Å²) in [6.45, 7) is 3.63. The lowest BCUT2D eigenvalue weighted by molar-refractivity contribution is -0.0710. The number of hydrogen-bond acceptors (Lipinski definition) is 7. The Morgan fingerprint density at radius 2 is 2.22 bits per heavy atom. The van der Waals surface area contributed by atoms with E-state index in [9.17, 15) is 9.60 Å². The zero-order valence-corrected chi connectivity index (χ0v) is 17.9. The molecular weight excluding hydrogens is 437 g/mol. The number of hydroxylamine groups is 1. The molecule has 0 spiro atoms. The van der Waals surface area contributed by atoms with E-state index in [2.05, 4.69) is 35.6 Å². The van der Waals surface area contributed by atoms with E-state index in [1.165, 1.54) is 18.2 Å². The SMILES string of the molecule is ONC(=Nc1ccc(F)c(Cl)c1)c1ccnc2nc(NC3CCCN(C4COC4)C3)[nH]c12. The molecule has 0 saturated carbocycles. The lowest BCUT2D eigenvalue weighted by atomic mass is 10.0. The average Bonchev–Trinajstić information content (AvgIpc) is 3.16. The fourth-order valence-corrected chi connectivity index (χ4v) is 4.26. The molecule has 1 atom stereocenters. The van der Waals surface area contributed by atoms with Crippen molar-refractivity contribution in [3.8, 4) is 0 Å². The molecule has 0 amide bonds. The molecule has 3 aromatic rings. The first-order chi connectivity index (χ1) is 15.6. The second-order valence-electron chi connectivity index (χ2n) is 7.98. The van der Waals surface area contributed by atoms with Crippen LogP contribution in [0.5, 0.6) is 0 Å². The van der Waals surface area contributed by atoms with Crippen molar-refractivity contribution in [2.45, 2.75) is 24.9 Å². The van der Waals surface area contributed by atoms with Crippen molar-refractivity contribution < 1.29 is 14.3 Å². The number of hydrogen-bond donors (Lipinski definition) is 4. The van der Waals surface area contributed by atoms with Gasteiger partial charge in [-0.05, 0) is 43.7 Å². The number of aromatic nitrogens is 3. The number of fused-ring (bicyclic) bond motifs is 1. The zero-order valence-electron chi connectivity index (χ0n) is 17.2. The Morgan fingerprint density at radius 3 is 2.97 bits per heavy atom. The van der Waals surface area contributed by atoms with Crippen LogP contribution in [0.15, 0.2) is 35.5 Å². The molecule has 32 heavy (non-hydrogen) atoms. The van der Waals surface area contributed by atoms with Crippen LogP contribution in [0.2, 0.25) is 5.02 Å². The smallest absolute Gasteiger partial charge is 0.202 e. The average molecular weight is 460 g/mol. The Bertz CT molecular complexity index is 1150. The lowest BCUT2D eigenvalue weighted by Crippen LogP contribution is -2.54. The van der Waals surface area contributed by atoms with Crippen LogP contribution >= 0.6 is 11.6 Å². The maximum absolute atomic E-state index is 13.5. The molecule has 1 aromatic carbocycles. The minimum Gasteiger partial charge on any atom is -0.378 e. The number of aliphatic imine (C=N–C) groups is 1. The van der Waals surface area contributed by atoms with E-state index in [0.717, 1.165) is 39.1 Å². The Balaban J connectivity index is 1.39. The molecule has 9 nitrogen and oxygen atoms in total. The van der Waals surface area contributed by atoms with Gasteiger partial charge < -0.3 is 15.0 Å². The van der Waals surface area contributed by atoms with Crippen molar-refractivity contribution in [3.63, 3.8) is 0 Å². The number of halogens is 2. The van der Waals surface area contributed by atoms with Crippen LogP contribution in [0.1, 0.15) is 18.4 Å². The Hall–Kier alpha value is -2.79. The summed E-state index contributed by atoms with van der Waals surface area (Å²) >= 11 is 5.85. The van der Waals surface area contributed by atoms with Gasteiger partial charge >= 0.3 is 0 Å². The third-order valence-electron chi connectivity index (χ3n) is 5.83. The Morgan fingerprint density at radius 1 is 1.34 bits per heavy atom. The molecule has 2 fully saturated rings. The van der Waals surface area contributed by atoms with Gasteiger partial charge in [-0.2, -0.15) is 4.98 Å². The summed E-state index contributed by atoms with van der Waals surface area (Å²) in [5, 5.41) is 13.2. The molecule has 168 valence electrons. The van der Waals surface area contributed by atoms with Gasteiger partial charge in [0.25, 0.3) is 0 Å². The minimum absolute atomic E-state index is 0.0496. The monoisotopic (exact) mass is 459 g/mol. The molecule has 4 N–H and O–H groups in total. The normalized spacial score (nSPS) is 20.3. The summed E-state index contributed by atoms with van der Waals surface area (Å²) in [5.74, 6) is 0.230. The second-order valence-corrected chi connectivity index (χ2v) is 8.39. The Labute approximate surface area is 188 Å². The number of nitrogens with one attached hydrogen (secondary N) is 3. The van der Waals surface area contributed by atoms with E-state index in [1.54, 1.807) is 12.3 Å². The van der Waals surface area contributed by atoms with Crippen LogP contribution in [0.4, 0.5) is 16.0 Å². The minimum atomic E-state index is -0.536. The fraction of sp³-hybridized carbons (Fsp3) is 0.381. The van der Waals surface area contributed by atoms with Crippen LogP contribution in [-0.4, -0.2) is 69.3 Å². The zero-order chi connectivity index (χ0) is 22.1. The topological polar surface area (TPSA) is 111 Å². The fourth-order valence-electron chi connectivity index (χ4n) is 4.09. The summed E-state index contributed by atoms with van der Waals surface area (Å²) in [4.78, 5) is 19.0. The van der Waals surface area contributed by atoms with Gasteiger partial charge in [0.2, 0.25) is 5.95 Å². The van der Waals surface area contributed by atoms with Crippen LogP contribution in [0, 0.1) is 5.82 Å². The number of ether oxygens (including phenoxy) is 1. The summed E-state index contributed by atoms with van der Waals surface area (Å²) in [6.07, 6.45) is 3.76. The highest BCUT2D eigenvalue weighted by Gasteiger charge is 2.30. The lowest BCUT2D eigenvalue weighted by Gasteiger charge is -2.42. The number of anilines is 1. The molecule has 2 aromatic heterocycles. The van der Waals surface area contributed by atoms with Crippen molar-refractivity contribution in [3.05, 3.63) is 46.9 Å². The van der Waals surface area contributed by atoms with Gasteiger partial charge in [0.15, 0.2) is 11.5 Å². The van der Waals surface area contributed by atoms with Crippen molar-refractivity contribution in [2.24, 2.45) is 4.99 Å². The predicted molar refractivity (Wildman–Crippen MR) is 119 cm³/mol. The van der Waals surface area contributed by atoms with E-state index in [1.807, 2.05) is 0 Å². The van der Waals surface area contributed by atoms with Crippen molar-refractivity contribution in [1.29, 1.82) is 0 Å². The number of likely N-dealkylation sites (tertiary alicyclic amines) is 1. The first-order valence-corrected chi connectivity index (χ1v) is 10.9. The molecule has 1 unspecified atom stereocenters.